The third-order valence-electron chi connectivity index (χ3n) is 3.69. The second-order valence-electron chi connectivity index (χ2n) is 5.09. The van der Waals surface area contributed by atoms with Crippen molar-refractivity contribution in [3.8, 4) is 0 Å². The summed E-state index contributed by atoms with van der Waals surface area (Å²) in [6.45, 7) is 2.10. The Morgan fingerprint density at radius 3 is 2.79 bits per heavy atom. The fourth-order valence-corrected chi connectivity index (χ4v) is 2.57. The van der Waals surface area contributed by atoms with Crippen LogP contribution < -0.4 is 5.32 Å². The first-order chi connectivity index (χ1) is 9.08. The lowest BCUT2D eigenvalue weighted by Crippen LogP contribution is -2.30. The molecule has 2 unspecified atom stereocenters. The summed E-state index contributed by atoms with van der Waals surface area (Å²) in [6.07, 6.45) is 5.64. The molecule has 1 amide bonds. The zero-order valence-corrected chi connectivity index (χ0v) is 10.9. The maximum absolute atomic E-state index is 12.2. The number of carboxylic acid groups (broad SMARTS) is 1. The van der Waals surface area contributed by atoms with E-state index >= 15 is 0 Å². The second kappa shape index (κ2) is 5.82. The SMILES string of the molecule is CC1CCCCC1C(=O)Nc1ccnc(C(=O)O)c1. The van der Waals surface area contributed by atoms with Crippen molar-refractivity contribution in [3.05, 3.63) is 24.0 Å². The molecule has 1 aliphatic rings. The predicted molar refractivity (Wildman–Crippen MR) is 70.9 cm³/mol. The van der Waals surface area contributed by atoms with Crippen molar-refractivity contribution in [2.75, 3.05) is 5.32 Å². The molecule has 0 saturated heterocycles. The molecule has 0 radical (unpaired) electrons. The van der Waals surface area contributed by atoms with Crippen LogP contribution in [0.4, 0.5) is 5.69 Å². The first-order valence-electron chi connectivity index (χ1n) is 6.58. The number of nitrogens with zero attached hydrogens (tertiary/aromatic N) is 1. The quantitative estimate of drug-likeness (QED) is 0.877. The normalized spacial score (nSPS) is 22.8. The molecule has 1 aliphatic carbocycles. The van der Waals surface area contributed by atoms with Crippen LogP contribution in [-0.4, -0.2) is 22.0 Å². The molecular weight excluding hydrogens is 244 g/mol. The number of nitrogens with one attached hydrogen (secondary N) is 1. The lowest BCUT2D eigenvalue weighted by molar-refractivity contribution is -0.122. The zero-order valence-electron chi connectivity index (χ0n) is 10.9. The molecule has 0 aliphatic heterocycles. The van der Waals surface area contributed by atoms with E-state index in [0.717, 1.165) is 19.3 Å². The Hall–Kier alpha value is -1.91. The number of carbonyl (C=O) groups is 2. The first kappa shape index (κ1) is 13.5. The Kier molecular flexibility index (Phi) is 4.14. The van der Waals surface area contributed by atoms with Crippen LogP contribution in [0.25, 0.3) is 0 Å². The van der Waals surface area contributed by atoms with Gasteiger partial charge in [0.15, 0.2) is 0 Å². The number of rotatable bonds is 3. The molecule has 19 heavy (non-hydrogen) atoms. The summed E-state index contributed by atoms with van der Waals surface area (Å²) in [5.41, 5.74) is 0.435. The van der Waals surface area contributed by atoms with Gasteiger partial charge in [0.05, 0.1) is 0 Å². The van der Waals surface area contributed by atoms with E-state index in [-0.39, 0.29) is 17.5 Å². The van der Waals surface area contributed by atoms with E-state index in [4.69, 9.17) is 5.11 Å². The minimum absolute atomic E-state index is 0.0188. The Morgan fingerprint density at radius 2 is 2.11 bits per heavy atom. The molecule has 2 N–H and O–H groups in total. The summed E-state index contributed by atoms with van der Waals surface area (Å²) >= 11 is 0. The average molecular weight is 262 g/mol. The summed E-state index contributed by atoms with van der Waals surface area (Å²) in [5.74, 6) is -0.707. The Morgan fingerprint density at radius 1 is 1.37 bits per heavy atom. The van der Waals surface area contributed by atoms with Crippen LogP contribution in [0, 0.1) is 11.8 Å². The van der Waals surface area contributed by atoms with Gasteiger partial charge in [-0.05, 0) is 30.9 Å². The topological polar surface area (TPSA) is 79.3 Å². The van der Waals surface area contributed by atoms with Crippen molar-refractivity contribution < 1.29 is 14.7 Å². The van der Waals surface area contributed by atoms with Crippen molar-refractivity contribution in [2.24, 2.45) is 11.8 Å². The van der Waals surface area contributed by atoms with Gasteiger partial charge >= 0.3 is 5.97 Å². The Labute approximate surface area is 112 Å². The van der Waals surface area contributed by atoms with Gasteiger partial charge in [-0.25, -0.2) is 9.78 Å². The molecule has 102 valence electrons. The number of hydrogen-bond donors (Lipinski definition) is 2. The van der Waals surface area contributed by atoms with Gasteiger partial charge in [-0.1, -0.05) is 19.8 Å². The van der Waals surface area contributed by atoms with Crippen LogP contribution in [0.1, 0.15) is 43.1 Å². The van der Waals surface area contributed by atoms with E-state index < -0.39 is 5.97 Å². The standard InChI is InChI=1S/C14H18N2O3/c1-9-4-2-3-5-11(9)13(17)16-10-6-7-15-12(8-10)14(18)19/h6-9,11H,2-5H2,1H3,(H,18,19)(H,15,16,17). The van der Waals surface area contributed by atoms with Crippen LogP contribution in [0.5, 0.6) is 0 Å². The molecule has 1 heterocycles. The fourth-order valence-electron chi connectivity index (χ4n) is 2.57. The minimum Gasteiger partial charge on any atom is -0.477 e. The van der Waals surface area contributed by atoms with Crippen LogP contribution in [-0.2, 0) is 4.79 Å². The van der Waals surface area contributed by atoms with Crippen LogP contribution in [0.2, 0.25) is 0 Å². The lowest BCUT2D eigenvalue weighted by atomic mass is 9.80. The number of aromatic carboxylic acids is 1. The average Bonchev–Trinajstić information content (AvgIpc) is 2.39. The third kappa shape index (κ3) is 3.30. The molecule has 1 fully saturated rings. The number of amides is 1. The van der Waals surface area contributed by atoms with Crippen molar-refractivity contribution >= 4 is 17.6 Å². The number of aromatic nitrogens is 1. The lowest BCUT2D eigenvalue weighted by Gasteiger charge is -2.27. The Balaban J connectivity index is 2.06. The first-order valence-corrected chi connectivity index (χ1v) is 6.58. The number of pyridine rings is 1. The third-order valence-corrected chi connectivity index (χ3v) is 3.69. The van der Waals surface area contributed by atoms with Gasteiger partial charge in [0.25, 0.3) is 0 Å². The van der Waals surface area contributed by atoms with Gasteiger partial charge in [-0.3, -0.25) is 4.79 Å². The summed E-state index contributed by atoms with van der Waals surface area (Å²) in [4.78, 5) is 26.7. The van der Waals surface area contributed by atoms with E-state index in [1.165, 1.54) is 18.7 Å². The maximum atomic E-state index is 12.2. The van der Waals surface area contributed by atoms with Crippen molar-refractivity contribution in [1.29, 1.82) is 0 Å². The Bertz CT molecular complexity index is 487. The van der Waals surface area contributed by atoms with Gasteiger partial charge in [-0.2, -0.15) is 0 Å². The molecule has 1 aromatic rings. The van der Waals surface area contributed by atoms with E-state index in [1.54, 1.807) is 6.07 Å². The van der Waals surface area contributed by atoms with Crippen molar-refractivity contribution in [1.82, 2.24) is 4.98 Å². The molecule has 1 saturated carbocycles. The highest BCUT2D eigenvalue weighted by molar-refractivity contribution is 5.94. The predicted octanol–water partition coefficient (Wildman–Crippen LogP) is 2.54. The number of carbonyl (C=O) groups excluding carboxylic acids is 1. The van der Waals surface area contributed by atoms with Gasteiger partial charge in [0, 0.05) is 17.8 Å². The highest BCUT2D eigenvalue weighted by Crippen LogP contribution is 2.30. The molecule has 0 spiro atoms. The second-order valence-corrected chi connectivity index (χ2v) is 5.09. The van der Waals surface area contributed by atoms with Gasteiger partial charge in [0.1, 0.15) is 5.69 Å². The number of carboxylic acids is 1. The number of hydrogen-bond acceptors (Lipinski definition) is 3. The van der Waals surface area contributed by atoms with E-state index in [1.807, 2.05) is 0 Å². The smallest absolute Gasteiger partial charge is 0.354 e. The van der Waals surface area contributed by atoms with Crippen LogP contribution in [0.15, 0.2) is 18.3 Å². The van der Waals surface area contributed by atoms with E-state index in [0.29, 0.717) is 11.6 Å². The zero-order chi connectivity index (χ0) is 13.8. The van der Waals surface area contributed by atoms with Crippen molar-refractivity contribution in [2.45, 2.75) is 32.6 Å². The molecule has 2 atom stereocenters. The highest BCUT2D eigenvalue weighted by Gasteiger charge is 2.27. The number of anilines is 1. The summed E-state index contributed by atoms with van der Waals surface area (Å²) in [7, 11) is 0. The minimum atomic E-state index is -1.10. The summed E-state index contributed by atoms with van der Waals surface area (Å²) in [5, 5.41) is 11.7. The molecule has 0 bridgehead atoms. The van der Waals surface area contributed by atoms with Gasteiger partial charge in [-0.15, -0.1) is 0 Å². The summed E-state index contributed by atoms with van der Waals surface area (Å²) in [6, 6.07) is 2.99. The fraction of sp³-hybridized carbons (Fsp3) is 0.500. The summed E-state index contributed by atoms with van der Waals surface area (Å²) < 4.78 is 0. The molecular formula is C14H18N2O3. The highest BCUT2D eigenvalue weighted by atomic mass is 16.4. The monoisotopic (exact) mass is 262 g/mol. The van der Waals surface area contributed by atoms with Crippen LogP contribution in [0.3, 0.4) is 0 Å². The van der Waals surface area contributed by atoms with Crippen molar-refractivity contribution in [3.63, 3.8) is 0 Å². The molecule has 1 aromatic heterocycles. The largest absolute Gasteiger partial charge is 0.477 e. The molecule has 5 nitrogen and oxygen atoms in total. The van der Waals surface area contributed by atoms with E-state index in [2.05, 4.69) is 17.2 Å². The van der Waals surface area contributed by atoms with E-state index in [9.17, 15) is 9.59 Å². The molecule has 5 heteroatoms. The molecule has 2 rings (SSSR count). The maximum Gasteiger partial charge on any atom is 0.354 e. The van der Waals surface area contributed by atoms with Crippen LogP contribution >= 0.6 is 0 Å². The van der Waals surface area contributed by atoms with Gasteiger partial charge in [0.2, 0.25) is 5.91 Å². The van der Waals surface area contributed by atoms with Gasteiger partial charge < -0.3 is 10.4 Å². The molecule has 0 aromatic carbocycles.